The van der Waals surface area contributed by atoms with Gasteiger partial charge in [0.1, 0.15) is 0 Å². The van der Waals surface area contributed by atoms with E-state index in [1.807, 2.05) is 24.3 Å². The third-order valence-electron chi connectivity index (χ3n) is 6.66. The summed E-state index contributed by atoms with van der Waals surface area (Å²) in [5.41, 5.74) is 7.75. The molecule has 26 heavy (non-hydrogen) atoms. The molecule has 0 saturated heterocycles. The Morgan fingerprint density at radius 2 is 1.54 bits per heavy atom. The van der Waals surface area contributed by atoms with Crippen LogP contribution in [-0.4, -0.2) is 17.9 Å². The SMILES string of the molecule is NC1C2CCC(C2)C1C(=O)Nc1cccc(NC(=O)C2CCCCC2)c1. The largest absolute Gasteiger partial charge is 0.327 e. The van der Waals surface area contributed by atoms with Crippen molar-refractivity contribution in [3.05, 3.63) is 24.3 Å². The highest BCUT2D eigenvalue weighted by Crippen LogP contribution is 2.47. The van der Waals surface area contributed by atoms with E-state index in [1.54, 1.807) is 0 Å². The number of anilines is 2. The van der Waals surface area contributed by atoms with Crippen LogP contribution in [0.4, 0.5) is 11.4 Å². The lowest BCUT2D eigenvalue weighted by Crippen LogP contribution is -2.42. The van der Waals surface area contributed by atoms with E-state index in [4.69, 9.17) is 5.73 Å². The third-order valence-corrected chi connectivity index (χ3v) is 6.66. The second-order valence-corrected chi connectivity index (χ2v) is 8.33. The fourth-order valence-corrected chi connectivity index (χ4v) is 5.23. The van der Waals surface area contributed by atoms with E-state index in [0.717, 1.165) is 56.3 Å². The molecule has 3 aliphatic rings. The Morgan fingerprint density at radius 3 is 2.19 bits per heavy atom. The van der Waals surface area contributed by atoms with E-state index < -0.39 is 0 Å². The van der Waals surface area contributed by atoms with Crippen LogP contribution in [0.3, 0.4) is 0 Å². The molecule has 3 saturated carbocycles. The van der Waals surface area contributed by atoms with Crippen LogP contribution in [0.5, 0.6) is 0 Å². The first kappa shape index (κ1) is 17.5. The van der Waals surface area contributed by atoms with Crippen LogP contribution in [0.1, 0.15) is 51.4 Å². The first-order chi connectivity index (χ1) is 12.6. The maximum Gasteiger partial charge on any atom is 0.229 e. The Labute approximate surface area is 155 Å². The molecule has 2 amide bonds. The molecule has 4 rings (SSSR count). The van der Waals surface area contributed by atoms with Crippen molar-refractivity contribution in [1.82, 2.24) is 0 Å². The number of carbonyl (C=O) groups excluding carboxylic acids is 2. The van der Waals surface area contributed by atoms with Gasteiger partial charge in [0.05, 0.1) is 5.92 Å². The monoisotopic (exact) mass is 355 g/mol. The van der Waals surface area contributed by atoms with Gasteiger partial charge in [0.15, 0.2) is 0 Å². The number of nitrogens with one attached hydrogen (secondary N) is 2. The number of fused-ring (bicyclic) bond motifs is 2. The summed E-state index contributed by atoms with van der Waals surface area (Å²) in [5.74, 6) is 1.12. The minimum absolute atomic E-state index is 0.0112. The van der Waals surface area contributed by atoms with Gasteiger partial charge in [0.25, 0.3) is 0 Å². The minimum atomic E-state index is -0.0748. The summed E-state index contributed by atoms with van der Waals surface area (Å²) in [6.07, 6.45) is 8.84. The summed E-state index contributed by atoms with van der Waals surface area (Å²) in [6, 6.07) is 7.44. The second kappa shape index (κ2) is 7.39. The molecule has 0 aliphatic heterocycles. The van der Waals surface area contributed by atoms with E-state index in [9.17, 15) is 9.59 Å². The predicted octanol–water partition coefficient (Wildman–Crippen LogP) is 3.52. The van der Waals surface area contributed by atoms with E-state index in [2.05, 4.69) is 10.6 Å². The Morgan fingerprint density at radius 1 is 0.885 bits per heavy atom. The molecule has 4 atom stereocenters. The molecule has 0 radical (unpaired) electrons. The van der Waals surface area contributed by atoms with Gasteiger partial charge in [-0.15, -0.1) is 0 Å². The average molecular weight is 355 g/mol. The molecule has 140 valence electrons. The molecule has 4 N–H and O–H groups in total. The normalized spacial score (nSPS) is 31.0. The van der Waals surface area contributed by atoms with Crippen molar-refractivity contribution >= 4 is 23.2 Å². The van der Waals surface area contributed by atoms with Gasteiger partial charge >= 0.3 is 0 Å². The fourth-order valence-electron chi connectivity index (χ4n) is 5.23. The molecule has 1 aromatic rings. The molecule has 3 fully saturated rings. The summed E-state index contributed by atoms with van der Waals surface area (Å²) >= 11 is 0. The van der Waals surface area contributed by atoms with Crippen LogP contribution >= 0.6 is 0 Å². The lowest BCUT2D eigenvalue weighted by Gasteiger charge is -2.27. The zero-order valence-corrected chi connectivity index (χ0v) is 15.2. The van der Waals surface area contributed by atoms with Gasteiger partial charge in [0, 0.05) is 23.3 Å². The number of nitrogens with two attached hydrogens (primary N) is 1. The maximum atomic E-state index is 12.7. The molecule has 0 aromatic heterocycles. The second-order valence-electron chi connectivity index (χ2n) is 8.33. The van der Waals surface area contributed by atoms with E-state index in [1.165, 1.54) is 6.42 Å². The number of hydrogen-bond donors (Lipinski definition) is 3. The summed E-state index contributed by atoms with van der Waals surface area (Å²) in [6.45, 7) is 0. The fraction of sp³-hybridized carbons (Fsp3) is 0.619. The van der Waals surface area contributed by atoms with Crippen LogP contribution in [-0.2, 0) is 9.59 Å². The van der Waals surface area contributed by atoms with E-state index in [0.29, 0.717) is 11.8 Å². The van der Waals surface area contributed by atoms with Crippen molar-refractivity contribution in [2.45, 2.75) is 57.4 Å². The Bertz CT molecular complexity index is 682. The van der Waals surface area contributed by atoms with Crippen LogP contribution in [0.15, 0.2) is 24.3 Å². The number of benzene rings is 1. The quantitative estimate of drug-likeness (QED) is 0.772. The number of amides is 2. The molecule has 5 heteroatoms. The van der Waals surface area contributed by atoms with Gasteiger partial charge in [-0.1, -0.05) is 25.3 Å². The molecule has 5 nitrogen and oxygen atoms in total. The average Bonchev–Trinajstić information content (AvgIpc) is 3.24. The molecular weight excluding hydrogens is 326 g/mol. The highest BCUT2D eigenvalue weighted by atomic mass is 16.2. The zero-order chi connectivity index (χ0) is 18.1. The number of carbonyl (C=O) groups is 2. The lowest BCUT2D eigenvalue weighted by atomic mass is 9.84. The van der Waals surface area contributed by atoms with E-state index >= 15 is 0 Å². The van der Waals surface area contributed by atoms with Crippen molar-refractivity contribution in [2.75, 3.05) is 10.6 Å². The summed E-state index contributed by atoms with van der Waals surface area (Å²) in [5, 5.41) is 6.04. The van der Waals surface area contributed by atoms with Gasteiger partial charge in [0.2, 0.25) is 11.8 Å². The highest BCUT2D eigenvalue weighted by Gasteiger charge is 2.49. The van der Waals surface area contributed by atoms with Crippen molar-refractivity contribution < 1.29 is 9.59 Å². The van der Waals surface area contributed by atoms with Gasteiger partial charge in [-0.2, -0.15) is 0 Å². The lowest BCUT2D eigenvalue weighted by molar-refractivity contribution is -0.122. The van der Waals surface area contributed by atoms with Crippen molar-refractivity contribution in [3.8, 4) is 0 Å². The topological polar surface area (TPSA) is 84.2 Å². The Balaban J connectivity index is 1.38. The van der Waals surface area contributed by atoms with Crippen LogP contribution in [0.25, 0.3) is 0 Å². The Kier molecular flexibility index (Phi) is 4.98. The van der Waals surface area contributed by atoms with Crippen molar-refractivity contribution in [1.29, 1.82) is 0 Å². The first-order valence-corrected chi connectivity index (χ1v) is 10.1. The zero-order valence-electron chi connectivity index (χ0n) is 15.2. The summed E-state index contributed by atoms with van der Waals surface area (Å²) < 4.78 is 0. The van der Waals surface area contributed by atoms with Crippen LogP contribution in [0, 0.1) is 23.7 Å². The van der Waals surface area contributed by atoms with Gasteiger partial charge < -0.3 is 16.4 Å². The standard InChI is InChI=1S/C21H29N3O2/c22-19-15-10-9-14(11-15)18(19)21(26)24-17-8-4-7-16(12-17)23-20(25)13-5-2-1-3-6-13/h4,7-8,12-15,18-19H,1-3,5-6,9-11,22H2,(H,23,25)(H,24,26). The first-order valence-electron chi connectivity index (χ1n) is 10.1. The van der Waals surface area contributed by atoms with Gasteiger partial charge in [-0.05, 0) is 62.1 Å². The summed E-state index contributed by atoms with van der Waals surface area (Å²) in [4.78, 5) is 25.1. The van der Waals surface area contributed by atoms with Crippen molar-refractivity contribution in [3.63, 3.8) is 0 Å². The molecule has 2 bridgehead atoms. The Hall–Kier alpha value is -1.88. The van der Waals surface area contributed by atoms with E-state index in [-0.39, 0.29) is 29.7 Å². The molecule has 0 heterocycles. The van der Waals surface area contributed by atoms with Gasteiger partial charge in [-0.25, -0.2) is 0 Å². The summed E-state index contributed by atoms with van der Waals surface area (Å²) in [7, 11) is 0. The number of rotatable bonds is 4. The highest BCUT2D eigenvalue weighted by molar-refractivity contribution is 5.96. The molecule has 4 unspecified atom stereocenters. The molecular formula is C21H29N3O2. The third kappa shape index (κ3) is 3.50. The van der Waals surface area contributed by atoms with Crippen LogP contribution in [0.2, 0.25) is 0 Å². The smallest absolute Gasteiger partial charge is 0.229 e. The maximum absolute atomic E-state index is 12.7. The molecule has 0 spiro atoms. The minimum Gasteiger partial charge on any atom is -0.327 e. The predicted molar refractivity (Wildman–Crippen MR) is 103 cm³/mol. The molecule has 1 aromatic carbocycles. The number of hydrogen-bond acceptors (Lipinski definition) is 3. The van der Waals surface area contributed by atoms with Crippen molar-refractivity contribution in [2.24, 2.45) is 29.4 Å². The van der Waals surface area contributed by atoms with Gasteiger partial charge in [-0.3, -0.25) is 9.59 Å². The van der Waals surface area contributed by atoms with Crippen LogP contribution < -0.4 is 16.4 Å². The molecule has 3 aliphatic carbocycles.